The average molecular weight is 346 g/mol. The summed E-state index contributed by atoms with van der Waals surface area (Å²) in [5, 5.41) is 14.6. The zero-order valence-electron chi connectivity index (χ0n) is 12.4. The van der Waals surface area contributed by atoms with Gasteiger partial charge in [-0.2, -0.15) is 0 Å². The fraction of sp³-hybridized carbons (Fsp3) is 0.500. The molecule has 22 heavy (non-hydrogen) atoms. The van der Waals surface area contributed by atoms with E-state index in [1.54, 1.807) is 0 Å². The third kappa shape index (κ3) is 3.88. The molecule has 2 atom stereocenters. The summed E-state index contributed by atoms with van der Waals surface area (Å²) < 4.78 is 1.91. The molecular weight excluding hydrogens is 325 g/mol. The van der Waals surface area contributed by atoms with Gasteiger partial charge in [-0.1, -0.05) is 6.07 Å². The number of amides is 1. The van der Waals surface area contributed by atoms with E-state index in [1.165, 1.54) is 0 Å². The molecule has 8 heteroatoms. The number of carbonyl (C=O) groups excluding carboxylic acids is 1. The Hall–Kier alpha value is -1.37. The fourth-order valence-electron chi connectivity index (χ4n) is 2.63. The summed E-state index contributed by atoms with van der Waals surface area (Å²) >= 11 is 0. The van der Waals surface area contributed by atoms with Crippen LogP contribution in [0.1, 0.15) is 31.6 Å². The molecule has 0 saturated carbocycles. The van der Waals surface area contributed by atoms with E-state index >= 15 is 0 Å². The minimum absolute atomic E-state index is 0. The Balaban J connectivity index is 0.00000121. The lowest BCUT2D eigenvalue weighted by Gasteiger charge is -2.23. The van der Waals surface area contributed by atoms with Crippen molar-refractivity contribution in [2.75, 3.05) is 13.1 Å². The quantitative estimate of drug-likeness (QED) is 0.888. The van der Waals surface area contributed by atoms with Gasteiger partial charge in [-0.05, 0) is 38.4 Å². The van der Waals surface area contributed by atoms with Gasteiger partial charge in [-0.15, -0.1) is 35.0 Å². The van der Waals surface area contributed by atoms with Crippen molar-refractivity contribution in [1.82, 2.24) is 25.2 Å². The van der Waals surface area contributed by atoms with Crippen LogP contribution in [0.15, 0.2) is 24.4 Å². The Labute approximate surface area is 141 Å². The number of carbonyl (C=O) groups is 1. The number of hydrogen-bond donors (Lipinski definition) is 2. The minimum Gasteiger partial charge on any atom is -0.346 e. The molecule has 0 spiro atoms. The van der Waals surface area contributed by atoms with Crippen LogP contribution in [-0.4, -0.2) is 33.6 Å². The van der Waals surface area contributed by atoms with E-state index in [0.29, 0.717) is 0 Å². The molecule has 3 rings (SSSR count). The summed E-state index contributed by atoms with van der Waals surface area (Å²) in [7, 11) is 0. The predicted molar refractivity (Wildman–Crippen MR) is 89.6 cm³/mol. The number of halogens is 2. The van der Waals surface area contributed by atoms with Gasteiger partial charge in [0.05, 0.1) is 12.0 Å². The van der Waals surface area contributed by atoms with E-state index in [0.717, 1.165) is 37.4 Å². The second-order valence-electron chi connectivity index (χ2n) is 5.26. The first-order chi connectivity index (χ1) is 9.75. The molecule has 0 aromatic carbocycles. The highest BCUT2D eigenvalue weighted by Gasteiger charge is 2.23. The van der Waals surface area contributed by atoms with Gasteiger partial charge in [0.2, 0.25) is 5.91 Å². The van der Waals surface area contributed by atoms with Crippen LogP contribution in [0, 0.1) is 5.92 Å². The van der Waals surface area contributed by atoms with Gasteiger partial charge in [0.15, 0.2) is 11.5 Å². The Kier molecular flexibility index (Phi) is 7.06. The fourth-order valence-corrected chi connectivity index (χ4v) is 2.63. The summed E-state index contributed by atoms with van der Waals surface area (Å²) in [4.78, 5) is 12.2. The number of pyridine rings is 1. The number of nitrogens with zero attached hydrogens (tertiary/aromatic N) is 3. The molecule has 1 amide bonds. The third-order valence-corrected chi connectivity index (χ3v) is 3.75. The highest BCUT2D eigenvalue weighted by molar-refractivity contribution is 5.85. The molecule has 1 fully saturated rings. The second kappa shape index (κ2) is 8.31. The standard InChI is InChI=1S/C14H19N5O.2ClH/c1-10(16-14(20)11-5-4-7-15-9-11)13-18-17-12-6-2-3-8-19(12)13;;/h2-3,6,8,10-11,15H,4-5,7,9H2,1H3,(H,16,20);2*1H/t10?,11-;;/m1../s1. The van der Waals surface area contributed by atoms with Crippen molar-refractivity contribution in [3.05, 3.63) is 30.2 Å². The number of nitrogens with one attached hydrogen (secondary N) is 2. The van der Waals surface area contributed by atoms with Crippen LogP contribution in [0.4, 0.5) is 0 Å². The molecule has 0 bridgehead atoms. The van der Waals surface area contributed by atoms with Crippen LogP contribution < -0.4 is 10.6 Å². The molecule has 0 radical (unpaired) electrons. The Morgan fingerprint density at radius 3 is 2.95 bits per heavy atom. The van der Waals surface area contributed by atoms with Crippen molar-refractivity contribution in [3.63, 3.8) is 0 Å². The van der Waals surface area contributed by atoms with Crippen molar-refractivity contribution >= 4 is 36.4 Å². The van der Waals surface area contributed by atoms with E-state index in [4.69, 9.17) is 0 Å². The normalized spacial score (nSPS) is 18.9. The Morgan fingerprint density at radius 2 is 2.23 bits per heavy atom. The largest absolute Gasteiger partial charge is 0.346 e. The maximum atomic E-state index is 12.2. The van der Waals surface area contributed by atoms with Gasteiger partial charge in [0.25, 0.3) is 0 Å². The number of rotatable bonds is 3. The molecule has 1 unspecified atom stereocenters. The third-order valence-electron chi connectivity index (χ3n) is 3.75. The number of aromatic nitrogens is 3. The number of hydrogen-bond acceptors (Lipinski definition) is 4. The topological polar surface area (TPSA) is 71.3 Å². The van der Waals surface area contributed by atoms with Crippen LogP contribution in [-0.2, 0) is 4.79 Å². The molecule has 6 nitrogen and oxygen atoms in total. The lowest BCUT2D eigenvalue weighted by Crippen LogP contribution is -2.41. The maximum absolute atomic E-state index is 12.2. The summed E-state index contributed by atoms with van der Waals surface area (Å²) in [5.74, 6) is 0.917. The van der Waals surface area contributed by atoms with Gasteiger partial charge < -0.3 is 10.6 Å². The van der Waals surface area contributed by atoms with Crippen molar-refractivity contribution in [2.24, 2.45) is 5.92 Å². The smallest absolute Gasteiger partial charge is 0.224 e. The van der Waals surface area contributed by atoms with Crippen molar-refractivity contribution in [1.29, 1.82) is 0 Å². The number of fused-ring (bicyclic) bond motifs is 1. The molecule has 2 aromatic rings. The first kappa shape index (κ1) is 18.7. The van der Waals surface area contributed by atoms with Crippen molar-refractivity contribution in [3.8, 4) is 0 Å². The maximum Gasteiger partial charge on any atom is 0.224 e. The van der Waals surface area contributed by atoms with Gasteiger partial charge >= 0.3 is 0 Å². The Morgan fingerprint density at radius 1 is 1.41 bits per heavy atom. The average Bonchev–Trinajstić information content (AvgIpc) is 2.92. The summed E-state index contributed by atoms with van der Waals surface area (Å²) in [5.41, 5.74) is 0.794. The molecule has 2 N–H and O–H groups in total. The molecule has 2 aromatic heterocycles. The predicted octanol–water partition coefficient (Wildman–Crippen LogP) is 1.75. The van der Waals surface area contributed by atoms with E-state index in [2.05, 4.69) is 20.8 Å². The first-order valence-electron chi connectivity index (χ1n) is 7.06. The minimum atomic E-state index is -0.151. The first-order valence-corrected chi connectivity index (χ1v) is 7.06. The lowest BCUT2D eigenvalue weighted by atomic mass is 9.98. The molecule has 1 aliphatic heterocycles. The zero-order valence-corrected chi connectivity index (χ0v) is 14.0. The summed E-state index contributed by atoms with van der Waals surface area (Å²) in [6, 6.07) is 5.60. The van der Waals surface area contributed by atoms with Crippen LogP contribution in [0.5, 0.6) is 0 Å². The van der Waals surface area contributed by atoms with Crippen LogP contribution >= 0.6 is 24.8 Å². The van der Waals surface area contributed by atoms with Gasteiger partial charge in [-0.3, -0.25) is 9.20 Å². The van der Waals surface area contributed by atoms with E-state index < -0.39 is 0 Å². The van der Waals surface area contributed by atoms with Crippen molar-refractivity contribution in [2.45, 2.75) is 25.8 Å². The molecule has 1 saturated heterocycles. The zero-order chi connectivity index (χ0) is 13.9. The van der Waals surface area contributed by atoms with Crippen LogP contribution in [0.2, 0.25) is 0 Å². The van der Waals surface area contributed by atoms with E-state index in [1.807, 2.05) is 35.7 Å². The highest BCUT2D eigenvalue weighted by atomic mass is 35.5. The van der Waals surface area contributed by atoms with Crippen molar-refractivity contribution < 1.29 is 4.79 Å². The summed E-state index contributed by atoms with van der Waals surface area (Å²) in [6.45, 7) is 3.71. The molecular formula is C14H21Cl2N5O. The summed E-state index contributed by atoms with van der Waals surface area (Å²) in [6.07, 6.45) is 3.92. The molecule has 0 aliphatic carbocycles. The van der Waals surface area contributed by atoms with Gasteiger partial charge in [0.1, 0.15) is 0 Å². The SMILES string of the molecule is CC(NC(=O)[C@@H]1CCCNC1)c1nnc2ccccn12.Cl.Cl. The lowest BCUT2D eigenvalue weighted by molar-refractivity contribution is -0.126. The van der Waals surface area contributed by atoms with E-state index in [9.17, 15) is 4.79 Å². The van der Waals surface area contributed by atoms with Gasteiger partial charge in [0, 0.05) is 12.7 Å². The monoisotopic (exact) mass is 345 g/mol. The van der Waals surface area contributed by atoms with Crippen LogP contribution in [0.25, 0.3) is 5.65 Å². The highest BCUT2D eigenvalue weighted by Crippen LogP contribution is 2.15. The van der Waals surface area contributed by atoms with Crippen LogP contribution in [0.3, 0.4) is 0 Å². The number of piperidine rings is 1. The molecule has 1 aliphatic rings. The molecule has 3 heterocycles. The van der Waals surface area contributed by atoms with E-state index in [-0.39, 0.29) is 42.7 Å². The molecule has 122 valence electrons. The second-order valence-corrected chi connectivity index (χ2v) is 5.26. The van der Waals surface area contributed by atoms with Gasteiger partial charge in [-0.25, -0.2) is 0 Å². The Bertz CT molecular complexity index is 612.